The highest BCUT2D eigenvalue weighted by molar-refractivity contribution is 4.99. The standard InChI is InChI=1S/C9H14N4/c1-2-9-12-11-6-13(9)8-3-4-10-5-7(1)8/h6-8,10H,1-5H2/t7-,8-/m0/s1. The Morgan fingerprint density at radius 1 is 1.46 bits per heavy atom. The van der Waals surface area contributed by atoms with Crippen molar-refractivity contribution in [2.24, 2.45) is 5.92 Å². The normalized spacial score (nSPS) is 32.3. The van der Waals surface area contributed by atoms with Crippen molar-refractivity contribution in [3.8, 4) is 0 Å². The Morgan fingerprint density at radius 2 is 2.46 bits per heavy atom. The lowest BCUT2D eigenvalue weighted by Crippen LogP contribution is -2.40. The summed E-state index contributed by atoms with van der Waals surface area (Å²) in [5.74, 6) is 1.99. The molecule has 2 atom stereocenters. The summed E-state index contributed by atoms with van der Waals surface area (Å²) in [5.41, 5.74) is 0. The van der Waals surface area contributed by atoms with E-state index >= 15 is 0 Å². The first-order valence-corrected chi connectivity index (χ1v) is 5.04. The van der Waals surface area contributed by atoms with Crippen molar-refractivity contribution in [3.05, 3.63) is 12.2 Å². The van der Waals surface area contributed by atoms with E-state index in [-0.39, 0.29) is 0 Å². The highest BCUT2D eigenvalue weighted by atomic mass is 15.3. The van der Waals surface area contributed by atoms with Crippen LogP contribution in [0.5, 0.6) is 0 Å². The molecule has 70 valence electrons. The number of nitrogens with one attached hydrogen (secondary N) is 1. The van der Waals surface area contributed by atoms with Gasteiger partial charge in [0.2, 0.25) is 0 Å². The van der Waals surface area contributed by atoms with Crippen LogP contribution in [0.2, 0.25) is 0 Å². The predicted molar refractivity (Wildman–Crippen MR) is 48.4 cm³/mol. The zero-order valence-corrected chi connectivity index (χ0v) is 7.61. The summed E-state index contributed by atoms with van der Waals surface area (Å²) in [6, 6.07) is 0.667. The Kier molecular flexibility index (Phi) is 1.62. The molecule has 1 aromatic rings. The molecule has 0 aliphatic carbocycles. The second-order valence-electron chi connectivity index (χ2n) is 4.01. The molecule has 0 spiro atoms. The molecule has 13 heavy (non-hydrogen) atoms. The van der Waals surface area contributed by atoms with Crippen molar-refractivity contribution in [2.45, 2.75) is 25.3 Å². The molecule has 1 N–H and O–H groups in total. The summed E-state index contributed by atoms with van der Waals surface area (Å²) < 4.78 is 2.29. The summed E-state index contributed by atoms with van der Waals surface area (Å²) in [6.45, 7) is 2.31. The van der Waals surface area contributed by atoms with Crippen molar-refractivity contribution in [2.75, 3.05) is 13.1 Å². The maximum atomic E-state index is 4.14. The van der Waals surface area contributed by atoms with Gasteiger partial charge in [0.15, 0.2) is 0 Å². The first kappa shape index (κ1) is 7.50. The molecular weight excluding hydrogens is 164 g/mol. The molecule has 3 rings (SSSR count). The van der Waals surface area contributed by atoms with Crippen LogP contribution in [-0.4, -0.2) is 27.9 Å². The topological polar surface area (TPSA) is 42.7 Å². The first-order chi connectivity index (χ1) is 6.45. The van der Waals surface area contributed by atoms with Gasteiger partial charge in [-0.3, -0.25) is 0 Å². The van der Waals surface area contributed by atoms with Crippen LogP contribution in [-0.2, 0) is 6.42 Å². The van der Waals surface area contributed by atoms with Gasteiger partial charge in [0.1, 0.15) is 12.2 Å². The number of rotatable bonds is 0. The predicted octanol–water partition coefficient (Wildman–Crippen LogP) is 0.375. The van der Waals surface area contributed by atoms with Gasteiger partial charge in [0.25, 0.3) is 0 Å². The van der Waals surface area contributed by atoms with Crippen molar-refractivity contribution in [1.82, 2.24) is 20.1 Å². The van der Waals surface area contributed by atoms with Crippen molar-refractivity contribution >= 4 is 0 Å². The Morgan fingerprint density at radius 3 is 3.46 bits per heavy atom. The van der Waals surface area contributed by atoms with Gasteiger partial charge in [-0.25, -0.2) is 0 Å². The second kappa shape index (κ2) is 2.80. The molecule has 0 saturated carbocycles. The van der Waals surface area contributed by atoms with Crippen molar-refractivity contribution in [1.29, 1.82) is 0 Å². The van der Waals surface area contributed by atoms with Crippen LogP contribution in [0.1, 0.15) is 24.7 Å². The Balaban J connectivity index is 1.97. The molecule has 2 aliphatic heterocycles. The summed E-state index contributed by atoms with van der Waals surface area (Å²) in [6.07, 6.45) is 5.51. The average Bonchev–Trinajstić information content (AvgIpc) is 2.65. The molecule has 0 aromatic carbocycles. The van der Waals surface area contributed by atoms with Gasteiger partial charge < -0.3 is 9.88 Å². The van der Waals surface area contributed by atoms with Gasteiger partial charge in [-0.1, -0.05) is 0 Å². The summed E-state index contributed by atoms with van der Waals surface area (Å²) in [4.78, 5) is 0. The lowest BCUT2D eigenvalue weighted by atomic mass is 9.86. The largest absolute Gasteiger partial charge is 0.316 e. The summed E-state index contributed by atoms with van der Waals surface area (Å²) in [7, 11) is 0. The minimum atomic E-state index is 0.667. The van der Waals surface area contributed by atoms with Crippen LogP contribution in [0.15, 0.2) is 6.33 Å². The molecule has 1 aromatic heterocycles. The van der Waals surface area contributed by atoms with E-state index in [1.165, 1.54) is 25.2 Å². The maximum absolute atomic E-state index is 4.14. The monoisotopic (exact) mass is 178 g/mol. The van der Waals surface area contributed by atoms with E-state index in [4.69, 9.17) is 0 Å². The third kappa shape index (κ3) is 1.09. The fourth-order valence-corrected chi connectivity index (χ4v) is 2.61. The van der Waals surface area contributed by atoms with Gasteiger partial charge in [-0.2, -0.15) is 0 Å². The number of hydrogen-bond acceptors (Lipinski definition) is 3. The zero-order valence-electron chi connectivity index (χ0n) is 7.61. The minimum Gasteiger partial charge on any atom is -0.316 e. The fourth-order valence-electron chi connectivity index (χ4n) is 2.61. The smallest absolute Gasteiger partial charge is 0.133 e. The van der Waals surface area contributed by atoms with Crippen molar-refractivity contribution < 1.29 is 0 Å². The van der Waals surface area contributed by atoms with Crippen LogP contribution < -0.4 is 5.32 Å². The molecule has 4 heteroatoms. The van der Waals surface area contributed by atoms with Gasteiger partial charge >= 0.3 is 0 Å². The Labute approximate surface area is 77.4 Å². The van der Waals surface area contributed by atoms with Crippen LogP contribution in [0.3, 0.4) is 0 Å². The molecule has 0 bridgehead atoms. The van der Waals surface area contributed by atoms with E-state index in [0.29, 0.717) is 6.04 Å². The molecule has 4 nitrogen and oxygen atoms in total. The van der Waals surface area contributed by atoms with Crippen LogP contribution >= 0.6 is 0 Å². The molecule has 2 aliphatic rings. The number of nitrogens with zero attached hydrogens (tertiary/aromatic N) is 3. The SMILES string of the molecule is c1nnc2n1[C@H]1CCNC[C@@H]1CC2. The molecular formula is C9H14N4. The number of fused-ring (bicyclic) bond motifs is 3. The molecule has 1 fully saturated rings. The highest BCUT2D eigenvalue weighted by Gasteiger charge is 2.31. The summed E-state index contributed by atoms with van der Waals surface area (Å²) >= 11 is 0. The lowest BCUT2D eigenvalue weighted by molar-refractivity contribution is 0.213. The Bertz CT molecular complexity index is 306. The maximum Gasteiger partial charge on any atom is 0.133 e. The highest BCUT2D eigenvalue weighted by Crippen LogP contribution is 2.32. The Hall–Kier alpha value is -0.900. The van der Waals surface area contributed by atoms with Gasteiger partial charge in [0, 0.05) is 12.5 Å². The number of piperidine rings is 1. The van der Waals surface area contributed by atoms with E-state index in [1.807, 2.05) is 6.33 Å². The van der Waals surface area contributed by atoms with E-state index in [2.05, 4.69) is 20.1 Å². The number of hydrogen-bond donors (Lipinski definition) is 1. The molecule has 0 amide bonds. The fraction of sp³-hybridized carbons (Fsp3) is 0.778. The lowest BCUT2D eigenvalue weighted by Gasteiger charge is -2.36. The van der Waals surface area contributed by atoms with E-state index in [0.717, 1.165) is 18.9 Å². The van der Waals surface area contributed by atoms with Gasteiger partial charge in [0.05, 0.1) is 0 Å². The third-order valence-corrected chi connectivity index (χ3v) is 3.31. The van der Waals surface area contributed by atoms with Gasteiger partial charge in [-0.15, -0.1) is 10.2 Å². The minimum absolute atomic E-state index is 0.667. The third-order valence-electron chi connectivity index (χ3n) is 3.31. The second-order valence-corrected chi connectivity index (χ2v) is 4.01. The molecule has 1 saturated heterocycles. The molecule has 3 heterocycles. The van der Waals surface area contributed by atoms with E-state index in [9.17, 15) is 0 Å². The van der Waals surface area contributed by atoms with E-state index in [1.54, 1.807) is 0 Å². The van der Waals surface area contributed by atoms with Crippen LogP contribution in [0.25, 0.3) is 0 Å². The molecule has 0 radical (unpaired) electrons. The van der Waals surface area contributed by atoms with Crippen molar-refractivity contribution in [3.63, 3.8) is 0 Å². The quantitative estimate of drug-likeness (QED) is 0.624. The van der Waals surface area contributed by atoms with Crippen LogP contribution in [0, 0.1) is 5.92 Å². The van der Waals surface area contributed by atoms with E-state index < -0.39 is 0 Å². The average molecular weight is 178 g/mol. The zero-order chi connectivity index (χ0) is 8.67. The number of aromatic nitrogens is 3. The summed E-state index contributed by atoms with van der Waals surface area (Å²) in [5, 5.41) is 11.6. The number of aryl methyl sites for hydroxylation is 1. The molecule has 0 unspecified atom stereocenters. The van der Waals surface area contributed by atoms with Gasteiger partial charge in [-0.05, 0) is 31.8 Å². The van der Waals surface area contributed by atoms with Crippen LogP contribution in [0.4, 0.5) is 0 Å². The first-order valence-electron chi connectivity index (χ1n) is 5.04.